The first-order valence-corrected chi connectivity index (χ1v) is 4.58. The molecular weight excluding hydrogens is 249 g/mol. The maximum atomic E-state index is 3.27. The maximum absolute atomic E-state index is 3.27. The fourth-order valence-electron chi connectivity index (χ4n) is 1.22. The molecule has 0 fully saturated rings. The van der Waals surface area contributed by atoms with Gasteiger partial charge in [-0.2, -0.15) is 0 Å². The molecule has 0 aliphatic rings. The van der Waals surface area contributed by atoms with Crippen LogP contribution >= 0.6 is 22.6 Å². The summed E-state index contributed by atoms with van der Waals surface area (Å²) < 4.78 is 1.20. The molecule has 56 valence electrons. The van der Waals surface area contributed by atoms with Gasteiger partial charge in [0.15, 0.2) is 0 Å². The van der Waals surface area contributed by atoms with Gasteiger partial charge in [-0.25, -0.2) is 0 Å². The van der Waals surface area contributed by atoms with Crippen LogP contribution in [0.1, 0.15) is 5.56 Å². The van der Waals surface area contributed by atoms with Crippen molar-refractivity contribution in [3.63, 3.8) is 0 Å². The molecule has 1 N–H and O–H groups in total. The number of hydrogen-bond acceptors (Lipinski definition) is 0. The van der Waals surface area contributed by atoms with Gasteiger partial charge in [0.25, 0.3) is 0 Å². The summed E-state index contributed by atoms with van der Waals surface area (Å²) in [6.07, 6.45) is 0. The number of rotatable bonds is 0. The summed E-state index contributed by atoms with van der Waals surface area (Å²) in [4.78, 5) is 3.27. The van der Waals surface area contributed by atoms with Crippen LogP contribution in [-0.4, -0.2) is 4.98 Å². The number of halogens is 1. The highest BCUT2D eigenvalue weighted by molar-refractivity contribution is 14.1. The number of aryl methyl sites for hydroxylation is 1. The zero-order chi connectivity index (χ0) is 7.84. The number of aromatic amines is 1. The number of benzene rings is 1. The predicted molar refractivity (Wildman–Crippen MR) is 55.8 cm³/mol. The van der Waals surface area contributed by atoms with Gasteiger partial charge in [-0.1, -0.05) is 11.6 Å². The van der Waals surface area contributed by atoms with E-state index >= 15 is 0 Å². The lowest BCUT2D eigenvalue weighted by atomic mass is 10.2. The fraction of sp³-hybridized carbons (Fsp3) is 0.111. The normalized spacial score (nSPS) is 10.7. The molecule has 1 nitrogen and oxygen atoms in total. The van der Waals surface area contributed by atoms with Crippen molar-refractivity contribution >= 4 is 33.5 Å². The van der Waals surface area contributed by atoms with Crippen molar-refractivity contribution in [2.45, 2.75) is 6.92 Å². The molecule has 0 aliphatic carbocycles. The molecule has 0 spiro atoms. The van der Waals surface area contributed by atoms with Crippen LogP contribution in [-0.2, 0) is 0 Å². The Hall–Kier alpha value is -0.510. The minimum atomic E-state index is 1.20. The van der Waals surface area contributed by atoms with E-state index in [4.69, 9.17) is 0 Å². The van der Waals surface area contributed by atoms with E-state index in [9.17, 15) is 0 Å². The average molecular weight is 257 g/mol. The van der Waals surface area contributed by atoms with Crippen molar-refractivity contribution < 1.29 is 0 Å². The molecule has 1 aromatic carbocycles. The van der Waals surface area contributed by atoms with Gasteiger partial charge in [-0.3, -0.25) is 0 Å². The number of H-pyrrole nitrogens is 1. The quantitative estimate of drug-likeness (QED) is 0.698. The predicted octanol–water partition coefficient (Wildman–Crippen LogP) is 3.08. The first-order valence-electron chi connectivity index (χ1n) is 3.50. The molecule has 2 rings (SSSR count). The Balaban J connectivity index is 2.82. The molecule has 0 atom stereocenters. The average Bonchev–Trinajstić information content (AvgIpc) is 2.27. The lowest BCUT2D eigenvalue weighted by molar-refractivity contribution is 1.40. The molecule has 11 heavy (non-hydrogen) atoms. The van der Waals surface area contributed by atoms with Gasteiger partial charge >= 0.3 is 0 Å². The topological polar surface area (TPSA) is 15.8 Å². The summed E-state index contributed by atoms with van der Waals surface area (Å²) in [5, 5.41) is 1.30. The van der Waals surface area contributed by atoms with E-state index in [1.54, 1.807) is 0 Å². The summed E-state index contributed by atoms with van der Waals surface area (Å²) in [5.41, 5.74) is 2.54. The van der Waals surface area contributed by atoms with Crippen molar-refractivity contribution in [3.05, 3.63) is 33.5 Å². The molecule has 0 saturated carbocycles. The van der Waals surface area contributed by atoms with E-state index < -0.39 is 0 Å². The third-order valence-corrected chi connectivity index (χ3v) is 2.32. The smallest absolute Gasteiger partial charge is 0.0782 e. The standard InChI is InChI=1S/C9H8IN/c1-6-2-3-8-7(4-6)5-9(10)11-8/h2-5,11H,1H3. The second-order valence-corrected chi connectivity index (χ2v) is 3.87. The second-order valence-electron chi connectivity index (χ2n) is 2.71. The molecule has 0 unspecified atom stereocenters. The van der Waals surface area contributed by atoms with E-state index in [1.807, 2.05) is 0 Å². The van der Waals surface area contributed by atoms with Crippen LogP contribution in [0, 0.1) is 10.6 Å². The SMILES string of the molecule is Cc1ccc2[nH]c(I)cc2c1. The van der Waals surface area contributed by atoms with Crippen LogP contribution in [0.5, 0.6) is 0 Å². The van der Waals surface area contributed by atoms with Crippen molar-refractivity contribution in [2.75, 3.05) is 0 Å². The Morgan fingerprint density at radius 1 is 1.27 bits per heavy atom. The molecule has 1 aromatic heterocycles. The Morgan fingerprint density at radius 2 is 2.09 bits per heavy atom. The highest BCUT2D eigenvalue weighted by Crippen LogP contribution is 2.17. The van der Waals surface area contributed by atoms with E-state index in [-0.39, 0.29) is 0 Å². The van der Waals surface area contributed by atoms with Gasteiger partial charge in [0.05, 0.1) is 3.70 Å². The summed E-state index contributed by atoms with van der Waals surface area (Å²) >= 11 is 2.29. The molecule has 0 amide bonds. The monoisotopic (exact) mass is 257 g/mol. The van der Waals surface area contributed by atoms with Crippen LogP contribution < -0.4 is 0 Å². The minimum Gasteiger partial charge on any atom is -0.350 e. The largest absolute Gasteiger partial charge is 0.350 e. The van der Waals surface area contributed by atoms with Gasteiger partial charge < -0.3 is 4.98 Å². The van der Waals surface area contributed by atoms with Crippen LogP contribution in [0.15, 0.2) is 24.3 Å². The summed E-state index contributed by atoms with van der Waals surface area (Å²) in [7, 11) is 0. The first kappa shape index (κ1) is 7.16. The fourth-order valence-corrected chi connectivity index (χ4v) is 1.84. The van der Waals surface area contributed by atoms with Gasteiger partial charge in [0.2, 0.25) is 0 Å². The molecule has 0 saturated heterocycles. The van der Waals surface area contributed by atoms with Gasteiger partial charge in [0.1, 0.15) is 0 Å². The molecular formula is C9H8IN. The van der Waals surface area contributed by atoms with E-state index in [0.29, 0.717) is 0 Å². The van der Waals surface area contributed by atoms with Crippen LogP contribution in [0.4, 0.5) is 0 Å². The van der Waals surface area contributed by atoms with E-state index in [1.165, 1.54) is 20.2 Å². The Labute approximate surface area is 78.9 Å². The summed E-state index contributed by atoms with van der Waals surface area (Å²) in [6.45, 7) is 2.11. The van der Waals surface area contributed by atoms with Gasteiger partial charge in [-0.05, 0) is 47.7 Å². The van der Waals surface area contributed by atoms with Crippen LogP contribution in [0.3, 0.4) is 0 Å². The van der Waals surface area contributed by atoms with Gasteiger partial charge in [0, 0.05) is 10.9 Å². The maximum Gasteiger partial charge on any atom is 0.0782 e. The minimum absolute atomic E-state index is 1.20. The highest BCUT2D eigenvalue weighted by atomic mass is 127. The number of hydrogen-bond donors (Lipinski definition) is 1. The van der Waals surface area contributed by atoms with E-state index in [0.717, 1.165) is 0 Å². The lowest BCUT2D eigenvalue weighted by Crippen LogP contribution is -1.70. The summed E-state index contributed by atoms with van der Waals surface area (Å²) in [5.74, 6) is 0. The van der Waals surface area contributed by atoms with Crippen LogP contribution in [0.25, 0.3) is 10.9 Å². The Bertz CT molecular complexity index is 389. The number of fused-ring (bicyclic) bond motifs is 1. The van der Waals surface area contributed by atoms with Crippen LogP contribution in [0.2, 0.25) is 0 Å². The number of aromatic nitrogens is 1. The molecule has 1 heterocycles. The third kappa shape index (κ3) is 1.27. The Morgan fingerprint density at radius 3 is 2.91 bits per heavy atom. The number of nitrogens with one attached hydrogen (secondary N) is 1. The molecule has 2 aromatic rings. The zero-order valence-corrected chi connectivity index (χ0v) is 8.34. The molecule has 0 bridgehead atoms. The van der Waals surface area contributed by atoms with Crippen molar-refractivity contribution in [1.82, 2.24) is 4.98 Å². The zero-order valence-electron chi connectivity index (χ0n) is 6.19. The van der Waals surface area contributed by atoms with Crippen molar-refractivity contribution in [3.8, 4) is 0 Å². The highest BCUT2D eigenvalue weighted by Gasteiger charge is 1.96. The van der Waals surface area contributed by atoms with Gasteiger partial charge in [-0.15, -0.1) is 0 Å². The molecule has 2 heteroatoms. The third-order valence-electron chi connectivity index (χ3n) is 1.74. The van der Waals surface area contributed by atoms with Crippen molar-refractivity contribution in [1.29, 1.82) is 0 Å². The lowest BCUT2D eigenvalue weighted by Gasteiger charge is -1.90. The van der Waals surface area contributed by atoms with Crippen molar-refractivity contribution in [2.24, 2.45) is 0 Å². The second kappa shape index (κ2) is 2.52. The molecule has 0 radical (unpaired) electrons. The Kier molecular flexibility index (Phi) is 1.64. The first-order chi connectivity index (χ1) is 5.25. The van der Waals surface area contributed by atoms with E-state index in [2.05, 4.69) is 58.8 Å². The molecule has 0 aliphatic heterocycles. The summed E-state index contributed by atoms with van der Waals surface area (Å²) in [6, 6.07) is 8.58.